The first-order valence-electron chi connectivity index (χ1n) is 7.04. The van der Waals surface area contributed by atoms with Gasteiger partial charge >= 0.3 is 23.9 Å². The third-order valence-electron chi connectivity index (χ3n) is 4.13. The molecule has 0 unspecified atom stereocenters. The molecule has 128 valence electrons. The highest BCUT2D eigenvalue weighted by Crippen LogP contribution is 2.52. The Hall–Kier alpha value is -2.38. The molecule has 0 spiro atoms. The molecule has 0 aliphatic heterocycles. The van der Waals surface area contributed by atoms with E-state index in [4.69, 9.17) is 19.3 Å². The van der Waals surface area contributed by atoms with Crippen molar-refractivity contribution in [2.75, 3.05) is 20.8 Å². The predicted molar refractivity (Wildman–Crippen MR) is 76.1 cm³/mol. The lowest BCUT2D eigenvalue weighted by Crippen LogP contribution is -2.46. The molecule has 0 heterocycles. The molecule has 1 saturated carbocycles. The van der Waals surface area contributed by atoms with Crippen molar-refractivity contribution in [3.8, 4) is 0 Å². The van der Waals surface area contributed by atoms with Gasteiger partial charge in [0.05, 0.1) is 26.7 Å². The molecule has 8 heteroatoms. The van der Waals surface area contributed by atoms with E-state index in [2.05, 4.69) is 0 Å². The third-order valence-corrected chi connectivity index (χ3v) is 4.13. The smallest absolute Gasteiger partial charge is 0.328 e. The lowest BCUT2D eigenvalue weighted by Gasteiger charge is -2.30. The Morgan fingerprint density at radius 3 is 2.13 bits per heavy atom. The van der Waals surface area contributed by atoms with Gasteiger partial charge in [0.1, 0.15) is 0 Å². The number of carboxylic acid groups (broad SMARTS) is 1. The molecule has 23 heavy (non-hydrogen) atoms. The molecule has 1 N–H and O–H groups in total. The molecule has 0 bridgehead atoms. The molecule has 0 saturated heterocycles. The zero-order chi connectivity index (χ0) is 17.8. The number of hydrogen-bond donors (Lipinski definition) is 1. The summed E-state index contributed by atoms with van der Waals surface area (Å²) in [5, 5.41) is 9.03. The second kappa shape index (κ2) is 7.26. The molecule has 0 aromatic carbocycles. The van der Waals surface area contributed by atoms with Gasteiger partial charge in [0, 0.05) is 12.0 Å². The number of esters is 3. The number of aliphatic carboxylic acids is 1. The fourth-order valence-electron chi connectivity index (χ4n) is 3.07. The molecule has 1 fully saturated rings. The number of carbonyl (C=O) groups is 4. The van der Waals surface area contributed by atoms with E-state index in [0.717, 1.165) is 20.3 Å². The molecule has 2 atom stereocenters. The maximum Gasteiger partial charge on any atom is 0.328 e. The van der Waals surface area contributed by atoms with Crippen LogP contribution in [-0.2, 0) is 33.4 Å². The fraction of sp³-hybridized carbons (Fsp3) is 0.600. The summed E-state index contributed by atoms with van der Waals surface area (Å²) in [6.07, 6.45) is 0.653. The van der Waals surface area contributed by atoms with Gasteiger partial charge in [0.2, 0.25) is 0 Å². The predicted octanol–water partition coefficient (Wildman–Crippen LogP) is 0.549. The maximum absolute atomic E-state index is 12.4. The van der Waals surface area contributed by atoms with Crippen molar-refractivity contribution in [3.05, 3.63) is 11.6 Å². The van der Waals surface area contributed by atoms with Crippen LogP contribution in [0.1, 0.15) is 20.3 Å². The highest BCUT2D eigenvalue weighted by atomic mass is 16.5. The first-order chi connectivity index (χ1) is 10.8. The van der Waals surface area contributed by atoms with Crippen LogP contribution in [0.4, 0.5) is 0 Å². The second-order valence-electron chi connectivity index (χ2n) is 5.15. The van der Waals surface area contributed by atoms with E-state index in [9.17, 15) is 19.2 Å². The maximum atomic E-state index is 12.4. The minimum absolute atomic E-state index is 0.0331. The largest absolute Gasteiger partial charge is 0.478 e. The summed E-state index contributed by atoms with van der Waals surface area (Å²) in [4.78, 5) is 47.9. The van der Waals surface area contributed by atoms with Gasteiger partial charge in [0.15, 0.2) is 5.41 Å². The SMILES string of the molecule is CCOC(=O)[C@@H]1C/C(=C\C(=O)O)C(C(=O)OC)(C(=O)OC)[C@H]1C. The van der Waals surface area contributed by atoms with E-state index in [-0.39, 0.29) is 18.6 Å². The van der Waals surface area contributed by atoms with E-state index in [1.165, 1.54) is 6.92 Å². The molecule has 0 aromatic heterocycles. The van der Waals surface area contributed by atoms with Gasteiger partial charge < -0.3 is 19.3 Å². The Kier molecular flexibility index (Phi) is 5.89. The van der Waals surface area contributed by atoms with Gasteiger partial charge in [-0.15, -0.1) is 0 Å². The summed E-state index contributed by atoms with van der Waals surface area (Å²) >= 11 is 0. The quantitative estimate of drug-likeness (QED) is 0.336. The first-order valence-corrected chi connectivity index (χ1v) is 7.04. The highest BCUT2D eigenvalue weighted by Gasteiger charge is 2.63. The summed E-state index contributed by atoms with van der Waals surface area (Å²) in [6.45, 7) is 3.25. The Balaban J connectivity index is 3.52. The number of methoxy groups -OCH3 is 2. The van der Waals surface area contributed by atoms with Crippen molar-refractivity contribution in [2.24, 2.45) is 17.3 Å². The minimum Gasteiger partial charge on any atom is -0.478 e. The number of hydrogen-bond acceptors (Lipinski definition) is 7. The van der Waals surface area contributed by atoms with Gasteiger partial charge in [0.25, 0.3) is 0 Å². The average Bonchev–Trinajstić information content (AvgIpc) is 2.79. The lowest BCUT2D eigenvalue weighted by atomic mass is 9.74. The van der Waals surface area contributed by atoms with Crippen LogP contribution in [0.25, 0.3) is 0 Å². The number of carboxylic acids is 1. The minimum atomic E-state index is -1.97. The van der Waals surface area contributed by atoms with E-state index >= 15 is 0 Å². The van der Waals surface area contributed by atoms with Crippen molar-refractivity contribution < 1.29 is 38.5 Å². The van der Waals surface area contributed by atoms with Crippen LogP contribution in [0.15, 0.2) is 11.6 Å². The van der Waals surface area contributed by atoms with Crippen LogP contribution in [0.5, 0.6) is 0 Å². The standard InChI is InChI=1S/C15H20O8/c1-5-23-12(18)10-6-9(7-11(16)17)15(8(10)2,13(19)21-3)14(20)22-4/h7-8,10H,5-6H2,1-4H3,(H,16,17)/b9-7+/t8-,10+/m0/s1. The van der Waals surface area contributed by atoms with Gasteiger partial charge in [-0.2, -0.15) is 0 Å². The van der Waals surface area contributed by atoms with Gasteiger partial charge in [-0.3, -0.25) is 14.4 Å². The Labute approximate surface area is 133 Å². The van der Waals surface area contributed by atoms with Crippen molar-refractivity contribution in [1.82, 2.24) is 0 Å². The summed E-state index contributed by atoms with van der Waals surface area (Å²) in [6, 6.07) is 0. The number of ether oxygens (including phenoxy) is 3. The molecule has 1 rings (SSSR count). The van der Waals surface area contributed by atoms with E-state index in [1.807, 2.05) is 0 Å². The lowest BCUT2D eigenvalue weighted by molar-refractivity contribution is -0.169. The second-order valence-corrected chi connectivity index (χ2v) is 5.15. The normalized spacial score (nSPS) is 24.1. The van der Waals surface area contributed by atoms with Crippen LogP contribution < -0.4 is 0 Å². The summed E-state index contributed by atoms with van der Waals surface area (Å²) in [5.74, 6) is -5.59. The van der Waals surface area contributed by atoms with Crippen LogP contribution >= 0.6 is 0 Å². The van der Waals surface area contributed by atoms with Gasteiger partial charge in [-0.25, -0.2) is 4.79 Å². The van der Waals surface area contributed by atoms with Crippen molar-refractivity contribution >= 4 is 23.9 Å². The Morgan fingerprint density at radius 2 is 1.74 bits per heavy atom. The van der Waals surface area contributed by atoms with Crippen molar-refractivity contribution in [2.45, 2.75) is 20.3 Å². The monoisotopic (exact) mass is 328 g/mol. The van der Waals surface area contributed by atoms with E-state index in [1.54, 1.807) is 6.92 Å². The van der Waals surface area contributed by atoms with Crippen LogP contribution in [0.3, 0.4) is 0 Å². The molecule has 0 radical (unpaired) electrons. The summed E-state index contributed by atoms with van der Waals surface area (Å²) in [7, 11) is 2.16. The highest BCUT2D eigenvalue weighted by molar-refractivity contribution is 6.06. The molecule has 0 amide bonds. The number of carbonyl (C=O) groups excluding carboxylic acids is 3. The summed E-state index contributed by atoms with van der Waals surface area (Å²) < 4.78 is 14.4. The zero-order valence-corrected chi connectivity index (χ0v) is 13.5. The van der Waals surface area contributed by atoms with Gasteiger partial charge in [-0.1, -0.05) is 6.92 Å². The molecular weight excluding hydrogens is 308 g/mol. The average molecular weight is 328 g/mol. The van der Waals surface area contributed by atoms with Crippen LogP contribution in [0.2, 0.25) is 0 Å². The Bertz CT molecular complexity index is 532. The third kappa shape index (κ3) is 3.06. The fourth-order valence-corrected chi connectivity index (χ4v) is 3.07. The van der Waals surface area contributed by atoms with E-state index < -0.39 is 41.1 Å². The molecular formula is C15H20O8. The molecule has 1 aliphatic carbocycles. The molecule has 0 aromatic rings. The summed E-state index contributed by atoms with van der Waals surface area (Å²) in [5.41, 5.74) is -2.01. The first kappa shape index (κ1) is 18.7. The zero-order valence-electron chi connectivity index (χ0n) is 13.5. The van der Waals surface area contributed by atoms with Crippen LogP contribution in [-0.4, -0.2) is 49.8 Å². The molecule has 1 aliphatic rings. The van der Waals surface area contributed by atoms with Crippen molar-refractivity contribution in [1.29, 1.82) is 0 Å². The number of rotatable bonds is 5. The van der Waals surface area contributed by atoms with Crippen molar-refractivity contribution in [3.63, 3.8) is 0 Å². The van der Waals surface area contributed by atoms with E-state index in [0.29, 0.717) is 0 Å². The Morgan fingerprint density at radius 1 is 1.22 bits per heavy atom. The van der Waals surface area contributed by atoms with Crippen LogP contribution in [0, 0.1) is 17.3 Å². The van der Waals surface area contributed by atoms with Gasteiger partial charge in [-0.05, 0) is 18.9 Å². The topological polar surface area (TPSA) is 116 Å². The molecule has 8 nitrogen and oxygen atoms in total.